The number of piperazine rings is 1. The summed E-state index contributed by atoms with van der Waals surface area (Å²) in [5, 5.41) is 1.16. The number of hydrogen-bond donors (Lipinski definition) is 0. The molecule has 1 aliphatic rings. The molecule has 0 saturated carbocycles. The van der Waals surface area contributed by atoms with Gasteiger partial charge in [0.05, 0.1) is 5.52 Å². The van der Waals surface area contributed by atoms with Crippen LogP contribution in [0.5, 0.6) is 0 Å². The molecule has 0 unspecified atom stereocenters. The fraction of sp³-hybridized carbons (Fsp3) is 0.222. The maximum atomic E-state index is 13.5. The van der Waals surface area contributed by atoms with E-state index in [4.69, 9.17) is 4.98 Å². The van der Waals surface area contributed by atoms with Gasteiger partial charge < -0.3 is 4.90 Å². The lowest BCUT2D eigenvalue weighted by molar-refractivity contribution is 0.249. The Morgan fingerprint density at radius 2 is 1.61 bits per heavy atom. The molecule has 2 heterocycles. The van der Waals surface area contributed by atoms with E-state index >= 15 is 0 Å². The predicted molar refractivity (Wildman–Crippen MR) is 126 cm³/mol. The minimum absolute atomic E-state index is 0.166. The van der Waals surface area contributed by atoms with E-state index in [2.05, 4.69) is 71.3 Å². The minimum Gasteiger partial charge on any atom is -0.354 e. The first-order valence-corrected chi connectivity index (χ1v) is 10.8. The molecule has 1 aromatic heterocycles. The normalized spacial score (nSPS) is 14.8. The van der Waals surface area contributed by atoms with Crippen LogP contribution < -0.4 is 4.90 Å². The van der Waals surface area contributed by atoms with Crippen LogP contribution in [-0.2, 0) is 6.54 Å². The molecule has 0 amide bonds. The van der Waals surface area contributed by atoms with Gasteiger partial charge in [0, 0.05) is 43.7 Å². The Labute approximate surface area is 182 Å². The van der Waals surface area contributed by atoms with Crippen LogP contribution in [0.25, 0.3) is 22.0 Å². The third-order valence-electron chi connectivity index (χ3n) is 6.06. The third kappa shape index (κ3) is 4.30. The summed E-state index contributed by atoms with van der Waals surface area (Å²) in [6.45, 7) is 6.61. The van der Waals surface area contributed by atoms with Crippen molar-refractivity contribution >= 4 is 16.7 Å². The van der Waals surface area contributed by atoms with Gasteiger partial charge >= 0.3 is 0 Å². The largest absolute Gasteiger partial charge is 0.354 e. The van der Waals surface area contributed by atoms with E-state index in [0.717, 1.165) is 55.0 Å². The molecule has 3 aromatic carbocycles. The molecule has 0 radical (unpaired) electrons. The van der Waals surface area contributed by atoms with E-state index in [-0.39, 0.29) is 5.82 Å². The van der Waals surface area contributed by atoms with Crippen LogP contribution >= 0.6 is 0 Å². The number of aromatic nitrogens is 1. The highest BCUT2D eigenvalue weighted by Gasteiger charge is 2.19. The van der Waals surface area contributed by atoms with Gasteiger partial charge in [-0.15, -0.1) is 0 Å². The van der Waals surface area contributed by atoms with Crippen molar-refractivity contribution in [2.75, 3.05) is 31.1 Å². The number of hydrogen-bond acceptors (Lipinski definition) is 3. The summed E-state index contributed by atoms with van der Waals surface area (Å²) in [7, 11) is 0. The Kier molecular flexibility index (Phi) is 5.39. The van der Waals surface area contributed by atoms with Crippen molar-refractivity contribution in [3.8, 4) is 11.1 Å². The molecule has 5 rings (SSSR count). The highest BCUT2D eigenvalue weighted by molar-refractivity contribution is 5.94. The van der Waals surface area contributed by atoms with Gasteiger partial charge in [-0.3, -0.25) is 4.90 Å². The monoisotopic (exact) mass is 411 g/mol. The minimum atomic E-state index is -0.166. The van der Waals surface area contributed by atoms with Crippen molar-refractivity contribution in [3.63, 3.8) is 0 Å². The molecule has 0 bridgehead atoms. The van der Waals surface area contributed by atoms with Crippen molar-refractivity contribution in [2.24, 2.45) is 0 Å². The number of benzene rings is 3. The summed E-state index contributed by atoms with van der Waals surface area (Å²) in [6, 6.07) is 26.2. The fourth-order valence-corrected chi connectivity index (χ4v) is 4.31. The second-order valence-electron chi connectivity index (χ2n) is 8.31. The van der Waals surface area contributed by atoms with Crippen molar-refractivity contribution in [1.29, 1.82) is 0 Å². The first-order chi connectivity index (χ1) is 15.2. The summed E-state index contributed by atoms with van der Waals surface area (Å²) in [6.07, 6.45) is 0. The molecule has 1 aliphatic heterocycles. The number of pyridine rings is 1. The van der Waals surface area contributed by atoms with Crippen LogP contribution in [0.15, 0.2) is 78.9 Å². The van der Waals surface area contributed by atoms with Crippen LogP contribution in [0, 0.1) is 12.7 Å². The lowest BCUT2D eigenvalue weighted by Crippen LogP contribution is -2.46. The van der Waals surface area contributed by atoms with Gasteiger partial charge in [0.1, 0.15) is 11.6 Å². The summed E-state index contributed by atoms with van der Waals surface area (Å²) in [5.41, 5.74) is 5.70. The molecule has 0 N–H and O–H groups in total. The maximum absolute atomic E-state index is 13.5. The van der Waals surface area contributed by atoms with Crippen LogP contribution in [0.3, 0.4) is 0 Å². The van der Waals surface area contributed by atoms with Crippen molar-refractivity contribution in [3.05, 3.63) is 95.8 Å². The van der Waals surface area contributed by atoms with Gasteiger partial charge in [-0.2, -0.15) is 0 Å². The molecule has 0 atom stereocenters. The molecule has 4 aromatic rings. The Morgan fingerprint density at radius 1 is 0.839 bits per heavy atom. The third-order valence-corrected chi connectivity index (χ3v) is 6.06. The van der Waals surface area contributed by atoms with E-state index in [1.165, 1.54) is 22.8 Å². The quantitative estimate of drug-likeness (QED) is 0.431. The summed E-state index contributed by atoms with van der Waals surface area (Å²) < 4.78 is 13.5. The number of fused-ring (bicyclic) bond motifs is 1. The topological polar surface area (TPSA) is 19.4 Å². The van der Waals surface area contributed by atoms with Crippen LogP contribution in [0.1, 0.15) is 11.1 Å². The predicted octanol–water partition coefficient (Wildman–Crippen LogP) is 5.67. The Balaban J connectivity index is 1.35. The SMILES string of the molecule is Cc1ccc(-c2cccc3ccc(N4CCN(Cc5cccc(F)c5)CC4)nc23)cc1. The molecule has 0 spiro atoms. The Bertz CT molecular complexity index is 1190. The second-order valence-corrected chi connectivity index (χ2v) is 8.31. The molecule has 1 fully saturated rings. The molecule has 1 saturated heterocycles. The first-order valence-electron chi connectivity index (χ1n) is 10.8. The second kappa shape index (κ2) is 8.48. The van der Waals surface area contributed by atoms with Gasteiger partial charge in [0.2, 0.25) is 0 Å². The number of para-hydroxylation sites is 1. The number of halogens is 1. The van der Waals surface area contributed by atoms with Crippen molar-refractivity contribution in [1.82, 2.24) is 9.88 Å². The van der Waals surface area contributed by atoms with Gasteiger partial charge in [-0.1, -0.05) is 60.2 Å². The summed E-state index contributed by atoms with van der Waals surface area (Å²) in [4.78, 5) is 9.81. The fourth-order valence-electron chi connectivity index (χ4n) is 4.31. The smallest absolute Gasteiger partial charge is 0.129 e. The lowest BCUT2D eigenvalue weighted by atomic mass is 10.0. The van der Waals surface area contributed by atoms with E-state index in [9.17, 15) is 4.39 Å². The highest BCUT2D eigenvalue weighted by Crippen LogP contribution is 2.29. The number of anilines is 1. The zero-order chi connectivity index (χ0) is 21.2. The molecule has 4 heteroatoms. The Hall–Kier alpha value is -3.24. The van der Waals surface area contributed by atoms with E-state index in [1.54, 1.807) is 12.1 Å². The Morgan fingerprint density at radius 3 is 2.39 bits per heavy atom. The van der Waals surface area contributed by atoms with Crippen LogP contribution in [0.2, 0.25) is 0 Å². The highest BCUT2D eigenvalue weighted by atomic mass is 19.1. The summed E-state index contributed by atoms with van der Waals surface area (Å²) in [5.74, 6) is 0.860. The van der Waals surface area contributed by atoms with E-state index in [0.29, 0.717) is 0 Å². The van der Waals surface area contributed by atoms with Crippen molar-refractivity contribution < 1.29 is 4.39 Å². The average molecular weight is 412 g/mol. The molecule has 0 aliphatic carbocycles. The number of aryl methyl sites for hydroxylation is 1. The standard InChI is InChI=1S/C27H26FN3/c1-20-8-10-22(11-9-20)25-7-3-5-23-12-13-26(29-27(23)25)31-16-14-30(15-17-31)19-21-4-2-6-24(28)18-21/h2-13,18H,14-17,19H2,1H3. The summed E-state index contributed by atoms with van der Waals surface area (Å²) >= 11 is 0. The zero-order valence-corrected chi connectivity index (χ0v) is 17.8. The number of rotatable bonds is 4. The molecular formula is C27H26FN3. The van der Waals surface area contributed by atoms with E-state index in [1.807, 2.05) is 6.07 Å². The van der Waals surface area contributed by atoms with Gasteiger partial charge in [0.15, 0.2) is 0 Å². The lowest BCUT2D eigenvalue weighted by Gasteiger charge is -2.35. The first kappa shape index (κ1) is 19.7. The van der Waals surface area contributed by atoms with Crippen LogP contribution in [0.4, 0.5) is 10.2 Å². The van der Waals surface area contributed by atoms with Crippen LogP contribution in [-0.4, -0.2) is 36.1 Å². The zero-order valence-electron chi connectivity index (χ0n) is 17.8. The number of nitrogens with zero attached hydrogens (tertiary/aromatic N) is 3. The molecule has 156 valence electrons. The molecule has 3 nitrogen and oxygen atoms in total. The van der Waals surface area contributed by atoms with Gasteiger partial charge in [0.25, 0.3) is 0 Å². The molecular weight excluding hydrogens is 385 g/mol. The van der Waals surface area contributed by atoms with Crippen molar-refractivity contribution in [2.45, 2.75) is 13.5 Å². The maximum Gasteiger partial charge on any atom is 0.129 e. The average Bonchev–Trinajstić information content (AvgIpc) is 2.79. The van der Waals surface area contributed by atoms with Gasteiger partial charge in [-0.05, 0) is 42.3 Å². The molecule has 31 heavy (non-hydrogen) atoms. The van der Waals surface area contributed by atoms with E-state index < -0.39 is 0 Å². The van der Waals surface area contributed by atoms with Gasteiger partial charge in [-0.25, -0.2) is 9.37 Å².